The van der Waals surface area contributed by atoms with Crippen LogP contribution in [-0.4, -0.2) is 23.7 Å². The van der Waals surface area contributed by atoms with Crippen molar-refractivity contribution in [3.8, 4) is 50.8 Å². The van der Waals surface area contributed by atoms with Crippen LogP contribution in [0.3, 0.4) is 0 Å². The van der Waals surface area contributed by atoms with Gasteiger partial charge in [0, 0.05) is 54.6 Å². The van der Waals surface area contributed by atoms with Crippen LogP contribution in [0.25, 0.3) is 138 Å². The monoisotopic (exact) mass is 903 g/mol. The topological polar surface area (TPSA) is 40.6 Å². The SMILES string of the molecule is c1ccc(-c2cc(-c3ccccc3)cc(-n3c4ccccc4c4c5c6ccccc6n(-c6ccc7c8ccccc8n(-c8nc(-c9ccc%10ccccc%10c9)c9ccccc9n8)c7c6)c5ccc43)c2)cc1. The number of fused-ring (bicyclic) bond motifs is 12. The number of hydrogen-bond acceptors (Lipinski definition) is 2. The van der Waals surface area contributed by atoms with E-state index in [9.17, 15) is 0 Å². The minimum Gasteiger partial charge on any atom is -0.309 e. The van der Waals surface area contributed by atoms with E-state index in [0.717, 1.165) is 71.9 Å². The van der Waals surface area contributed by atoms with Crippen molar-refractivity contribution < 1.29 is 0 Å². The van der Waals surface area contributed by atoms with Crippen molar-refractivity contribution in [2.24, 2.45) is 0 Å². The average molecular weight is 904 g/mol. The summed E-state index contributed by atoms with van der Waals surface area (Å²) in [4.78, 5) is 10.8. The molecule has 0 saturated heterocycles. The first-order valence-corrected chi connectivity index (χ1v) is 24.2. The van der Waals surface area contributed by atoms with E-state index in [1.807, 2.05) is 0 Å². The summed E-state index contributed by atoms with van der Waals surface area (Å²) >= 11 is 0. The summed E-state index contributed by atoms with van der Waals surface area (Å²) in [5.41, 5.74) is 16.5. The highest BCUT2D eigenvalue weighted by molar-refractivity contribution is 6.29. The Bertz CT molecular complexity index is 4580. The Morgan fingerprint density at radius 1 is 0.254 bits per heavy atom. The maximum Gasteiger partial charge on any atom is 0.235 e. The highest BCUT2D eigenvalue weighted by Gasteiger charge is 2.23. The second kappa shape index (κ2) is 15.5. The third kappa shape index (κ3) is 6.06. The lowest BCUT2D eigenvalue weighted by atomic mass is 9.98. The Hall–Kier alpha value is -9.58. The van der Waals surface area contributed by atoms with Crippen LogP contribution in [0.4, 0.5) is 0 Å². The van der Waals surface area contributed by atoms with Crippen LogP contribution in [0.15, 0.2) is 249 Å². The Kier molecular flexibility index (Phi) is 8.59. The van der Waals surface area contributed by atoms with Gasteiger partial charge in [0.05, 0.1) is 44.3 Å². The van der Waals surface area contributed by atoms with Gasteiger partial charge in [-0.2, -0.15) is 0 Å². The molecule has 5 heteroatoms. The van der Waals surface area contributed by atoms with Crippen LogP contribution in [0.5, 0.6) is 0 Å². The predicted molar refractivity (Wildman–Crippen MR) is 296 cm³/mol. The van der Waals surface area contributed by atoms with Crippen LogP contribution in [0.1, 0.15) is 0 Å². The molecule has 0 spiro atoms. The average Bonchev–Trinajstić information content (AvgIpc) is 4.08. The van der Waals surface area contributed by atoms with Crippen LogP contribution in [0, 0.1) is 0 Å². The number of hydrogen-bond donors (Lipinski definition) is 0. The fraction of sp³-hybridized carbons (Fsp3) is 0. The number of aromatic nitrogens is 5. The summed E-state index contributed by atoms with van der Waals surface area (Å²) in [5, 5.41) is 10.6. The van der Waals surface area contributed by atoms with Crippen LogP contribution < -0.4 is 0 Å². The Morgan fingerprint density at radius 2 is 0.775 bits per heavy atom. The molecule has 5 nitrogen and oxygen atoms in total. The van der Waals surface area contributed by atoms with E-state index in [2.05, 4.69) is 262 Å². The van der Waals surface area contributed by atoms with Crippen LogP contribution >= 0.6 is 0 Å². The van der Waals surface area contributed by atoms with Gasteiger partial charge in [0.15, 0.2) is 0 Å². The highest BCUT2D eigenvalue weighted by Crippen LogP contribution is 2.44. The zero-order valence-corrected chi connectivity index (χ0v) is 38.4. The molecule has 0 unspecified atom stereocenters. The largest absolute Gasteiger partial charge is 0.309 e. The molecule has 0 atom stereocenters. The van der Waals surface area contributed by atoms with E-state index in [0.29, 0.717) is 5.95 Å². The second-order valence-corrected chi connectivity index (χ2v) is 18.6. The molecule has 71 heavy (non-hydrogen) atoms. The fourth-order valence-corrected chi connectivity index (χ4v) is 11.4. The van der Waals surface area contributed by atoms with Crippen molar-refractivity contribution in [1.29, 1.82) is 0 Å². The predicted octanol–water partition coefficient (Wildman–Crippen LogP) is 17.1. The number of para-hydroxylation sites is 4. The minimum absolute atomic E-state index is 0.638. The van der Waals surface area contributed by atoms with Gasteiger partial charge in [-0.15, -0.1) is 0 Å². The van der Waals surface area contributed by atoms with E-state index in [4.69, 9.17) is 9.97 Å². The van der Waals surface area contributed by atoms with Crippen molar-refractivity contribution in [1.82, 2.24) is 23.7 Å². The van der Waals surface area contributed by atoms with E-state index >= 15 is 0 Å². The summed E-state index contributed by atoms with van der Waals surface area (Å²) in [7, 11) is 0. The molecule has 4 heterocycles. The van der Waals surface area contributed by atoms with Gasteiger partial charge in [0.1, 0.15) is 0 Å². The van der Waals surface area contributed by atoms with E-state index < -0.39 is 0 Å². The first kappa shape index (κ1) is 39.4. The van der Waals surface area contributed by atoms with Gasteiger partial charge in [-0.1, -0.05) is 176 Å². The molecule has 0 amide bonds. The molecule has 4 aromatic heterocycles. The minimum atomic E-state index is 0.638. The third-order valence-electron chi connectivity index (χ3n) is 14.6. The van der Waals surface area contributed by atoms with Crippen molar-refractivity contribution in [2.45, 2.75) is 0 Å². The van der Waals surface area contributed by atoms with Crippen molar-refractivity contribution in [3.63, 3.8) is 0 Å². The molecule has 330 valence electrons. The lowest BCUT2D eigenvalue weighted by Gasteiger charge is -2.14. The summed E-state index contributed by atoms with van der Waals surface area (Å²) in [6.07, 6.45) is 0. The third-order valence-corrected chi connectivity index (χ3v) is 14.6. The summed E-state index contributed by atoms with van der Waals surface area (Å²) in [6, 6.07) is 89.9. The molecule has 0 bridgehead atoms. The van der Waals surface area contributed by atoms with Crippen molar-refractivity contribution >= 4 is 87.1 Å². The van der Waals surface area contributed by atoms with Crippen molar-refractivity contribution in [2.75, 3.05) is 0 Å². The Labute approximate surface area is 408 Å². The first-order valence-electron chi connectivity index (χ1n) is 24.2. The smallest absolute Gasteiger partial charge is 0.235 e. The number of nitrogens with zero attached hydrogens (tertiary/aromatic N) is 5. The quantitative estimate of drug-likeness (QED) is 0.167. The molecule has 0 aliphatic heterocycles. The molecule has 15 rings (SSSR count). The zero-order valence-electron chi connectivity index (χ0n) is 38.4. The van der Waals surface area contributed by atoms with Crippen LogP contribution in [0.2, 0.25) is 0 Å². The molecular formula is C66H41N5. The molecule has 0 saturated carbocycles. The Morgan fingerprint density at radius 3 is 1.44 bits per heavy atom. The molecular weight excluding hydrogens is 863 g/mol. The molecule has 0 N–H and O–H groups in total. The molecule has 0 fully saturated rings. The molecule has 0 aliphatic carbocycles. The van der Waals surface area contributed by atoms with Crippen LogP contribution in [-0.2, 0) is 0 Å². The second-order valence-electron chi connectivity index (χ2n) is 18.6. The van der Waals surface area contributed by atoms with Gasteiger partial charge in [-0.3, -0.25) is 4.57 Å². The van der Waals surface area contributed by atoms with Crippen molar-refractivity contribution in [3.05, 3.63) is 249 Å². The lowest BCUT2D eigenvalue weighted by molar-refractivity contribution is 1.01. The number of rotatable bonds is 6. The van der Waals surface area contributed by atoms with Gasteiger partial charge >= 0.3 is 0 Å². The molecule has 0 radical (unpaired) electrons. The Balaban J connectivity index is 0.975. The summed E-state index contributed by atoms with van der Waals surface area (Å²) in [6.45, 7) is 0. The number of benzene rings is 11. The van der Waals surface area contributed by atoms with E-state index in [-0.39, 0.29) is 0 Å². The summed E-state index contributed by atoms with van der Waals surface area (Å²) < 4.78 is 7.18. The van der Waals surface area contributed by atoms with Gasteiger partial charge in [-0.25, -0.2) is 9.97 Å². The van der Waals surface area contributed by atoms with Gasteiger partial charge in [0.2, 0.25) is 5.95 Å². The first-order chi connectivity index (χ1) is 35.2. The van der Waals surface area contributed by atoms with Gasteiger partial charge in [0.25, 0.3) is 0 Å². The fourth-order valence-electron chi connectivity index (χ4n) is 11.4. The molecule has 15 aromatic rings. The molecule has 0 aliphatic rings. The lowest BCUT2D eigenvalue weighted by Crippen LogP contribution is -2.04. The highest BCUT2D eigenvalue weighted by atomic mass is 15.2. The zero-order chi connectivity index (χ0) is 46.6. The summed E-state index contributed by atoms with van der Waals surface area (Å²) in [5.74, 6) is 0.638. The van der Waals surface area contributed by atoms with Gasteiger partial charge in [-0.05, 0) is 106 Å². The normalized spacial score (nSPS) is 11.9. The maximum absolute atomic E-state index is 5.49. The standard InChI is InChI=1S/C66H41N5/c1-3-17-42(18-4-1)47-38-48(43-19-5-2-6-20-43)40-50(39-47)70-59-30-16-12-26-55(59)64-61(70)36-35-60-63(64)54-25-11-15-29-58(54)69(60)49-33-34-52-51-23-10-14-28-57(51)71(62(52)41-49)66-67-56-27-13-9-24-53(56)65(68-66)46-32-31-44-21-7-8-22-45(44)37-46/h1-41H. The maximum atomic E-state index is 5.49. The molecule has 11 aromatic carbocycles. The van der Waals surface area contributed by atoms with E-state index in [1.165, 1.54) is 60.1 Å². The van der Waals surface area contributed by atoms with Gasteiger partial charge < -0.3 is 9.13 Å². The van der Waals surface area contributed by atoms with E-state index in [1.54, 1.807) is 0 Å².